The van der Waals surface area contributed by atoms with Crippen LogP contribution in [0.15, 0.2) is 38.8 Å². The molecule has 3 N–H and O–H groups in total. The number of nitrogens with zero attached hydrogens (tertiary/aromatic N) is 3. The van der Waals surface area contributed by atoms with Crippen molar-refractivity contribution in [2.24, 2.45) is 5.92 Å². The highest BCUT2D eigenvalue weighted by Crippen LogP contribution is 2.25. The van der Waals surface area contributed by atoms with Crippen molar-refractivity contribution in [2.45, 2.75) is 71.1 Å². The predicted molar refractivity (Wildman–Crippen MR) is 142 cm³/mol. The number of nitrogens with one attached hydrogen (secondary N) is 1. The van der Waals surface area contributed by atoms with Crippen LogP contribution in [0.3, 0.4) is 0 Å². The van der Waals surface area contributed by atoms with Crippen LogP contribution in [-0.4, -0.2) is 60.0 Å². The highest BCUT2D eigenvalue weighted by atomic mass is 32.2. The number of aromatic nitrogens is 2. The Balaban J connectivity index is 2.06. The van der Waals surface area contributed by atoms with E-state index < -0.39 is 27.2 Å². The Bertz CT molecular complexity index is 1340. The summed E-state index contributed by atoms with van der Waals surface area (Å²) >= 11 is 0. The first-order chi connectivity index (χ1) is 17.4. The number of carbonyl (C=O) groups excluding carboxylic acids is 1. The highest BCUT2D eigenvalue weighted by molar-refractivity contribution is 7.89. The first-order valence-corrected chi connectivity index (χ1v) is 14.0. The minimum absolute atomic E-state index is 0.0288. The lowest BCUT2D eigenvalue weighted by atomic mass is 10.1. The van der Waals surface area contributed by atoms with Crippen LogP contribution in [0.2, 0.25) is 0 Å². The maximum Gasteiger partial charge on any atom is 0.330 e. The minimum atomic E-state index is -3.89. The lowest BCUT2D eigenvalue weighted by Gasteiger charge is -2.34. The fourth-order valence-electron chi connectivity index (χ4n) is 4.44. The molecule has 0 radical (unpaired) electrons. The smallest absolute Gasteiger partial charge is 0.330 e. The van der Waals surface area contributed by atoms with Crippen molar-refractivity contribution in [2.75, 3.05) is 30.3 Å². The molecule has 37 heavy (non-hydrogen) atoms. The van der Waals surface area contributed by atoms with Crippen molar-refractivity contribution < 1.29 is 17.9 Å². The van der Waals surface area contributed by atoms with Crippen LogP contribution in [0.25, 0.3) is 0 Å². The van der Waals surface area contributed by atoms with Gasteiger partial charge in [-0.1, -0.05) is 33.3 Å². The lowest BCUT2D eigenvalue weighted by Crippen LogP contribution is -2.48. The maximum atomic E-state index is 13.8. The zero-order chi connectivity index (χ0) is 27.5. The van der Waals surface area contributed by atoms with E-state index in [-0.39, 0.29) is 59.7 Å². The zero-order valence-electron chi connectivity index (χ0n) is 22.1. The molecule has 2 heterocycles. The van der Waals surface area contributed by atoms with Crippen LogP contribution in [0.4, 0.5) is 11.5 Å². The number of unbranched alkanes of at least 4 members (excludes halogenated alkanes) is 1. The van der Waals surface area contributed by atoms with E-state index in [2.05, 4.69) is 4.98 Å². The third-order valence-electron chi connectivity index (χ3n) is 6.12. The Morgan fingerprint density at radius 3 is 2.46 bits per heavy atom. The minimum Gasteiger partial charge on any atom is -0.383 e. The normalized spacial score (nSPS) is 18.8. The molecule has 1 aliphatic heterocycles. The summed E-state index contributed by atoms with van der Waals surface area (Å²) in [6.45, 7) is 10.2. The van der Waals surface area contributed by atoms with E-state index in [0.29, 0.717) is 13.0 Å². The van der Waals surface area contributed by atoms with Crippen molar-refractivity contribution in [3.05, 3.63) is 50.7 Å². The van der Waals surface area contributed by atoms with Gasteiger partial charge >= 0.3 is 5.69 Å². The van der Waals surface area contributed by atoms with E-state index in [0.717, 1.165) is 6.42 Å². The van der Waals surface area contributed by atoms with Crippen molar-refractivity contribution >= 4 is 27.4 Å². The summed E-state index contributed by atoms with van der Waals surface area (Å²) in [6.07, 6.45) is 0.939. The van der Waals surface area contributed by atoms with Gasteiger partial charge in [-0.2, -0.15) is 4.31 Å². The second-order valence-electron chi connectivity index (χ2n) is 9.92. The summed E-state index contributed by atoms with van der Waals surface area (Å²) in [5, 5.41) is 0. The van der Waals surface area contributed by atoms with Gasteiger partial charge in [0.05, 0.1) is 17.1 Å². The monoisotopic (exact) mass is 535 g/mol. The van der Waals surface area contributed by atoms with Crippen molar-refractivity contribution in [3.8, 4) is 0 Å². The van der Waals surface area contributed by atoms with Crippen LogP contribution in [-0.2, 0) is 21.3 Å². The van der Waals surface area contributed by atoms with Gasteiger partial charge in [-0.15, -0.1) is 0 Å². The van der Waals surface area contributed by atoms with Gasteiger partial charge in [-0.25, -0.2) is 13.2 Å². The third-order valence-corrected chi connectivity index (χ3v) is 7.94. The average molecular weight is 536 g/mol. The van der Waals surface area contributed by atoms with E-state index in [1.165, 1.54) is 38.0 Å². The molecule has 0 bridgehead atoms. The van der Waals surface area contributed by atoms with E-state index in [9.17, 15) is 22.8 Å². The van der Waals surface area contributed by atoms with Crippen molar-refractivity contribution in [1.29, 1.82) is 0 Å². The summed E-state index contributed by atoms with van der Waals surface area (Å²) in [7, 11) is -3.89. The van der Waals surface area contributed by atoms with E-state index in [1.807, 2.05) is 34.6 Å². The Labute approximate surface area is 217 Å². The van der Waals surface area contributed by atoms with Gasteiger partial charge in [-0.3, -0.25) is 19.1 Å². The Hall–Kier alpha value is -2.96. The Morgan fingerprint density at radius 1 is 1.22 bits per heavy atom. The molecule has 204 valence electrons. The number of benzene rings is 1. The fraction of sp³-hybridized carbons (Fsp3) is 0.560. The van der Waals surface area contributed by atoms with Crippen LogP contribution in [0.1, 0.15) is 57.8 Å². The van der Waals surface area contributed by atoms with E-state index in [4.69, 9.17) is 10.5 Å². The van der Waals surface area contributed by atoms with Crippen LogP contribution in [0.5, 0.6) is 0 Å². The standard InChI is InChI=1S/C25H37N5O6S/c1-6-7-11-29-22(26)21(23(31)27-25(29)33)30(13-16(2)3)24(32)19-9-8-10-20(12-19)37(34,35)28-14-17(4)36-18(5)15-28/h8-10,12,16-18H,6-7,11,13-15,26H2,1-5H3,(H,27,31,33)/t17-,18-/m0/s1. The molecule has 0 saturated carbocycles. The molecule has 1 aromatic heterocycles. The number of hydrogen-bond acceptors (Lipinski definition) is 7. The van der Waals surface area contributed by atoms with Gasteiger partial charge in [-0.05, 0) is 44.4 Å². The largest absolute Gasteiger partial charge is 0.383 e. The number of carbonyl (C=O) groups is 1. The number of sulfonamides is 1. The number of morpholine rings is 1. The molecule has 3 rings (SSSR count). The number of nitrogens with two attached hydrogens (primary N) is 1. The van der Waals surface area contributed by atoms with Gasteiger partial charge < -0.3 is 15.4 Å². The van der Waals surface area contributed by atoms with Crippen LogP contribution in [0, 0.1) is 5.92 Å². The third kappa shape index (κ3) is 6.31. The van der Waals surface area contributed by atoms with Gasteiger partial charge in [0, 0.05) is 31.7 Å². The van der Waals surface area contributed by atoms with Crippen LogP contribution < -0.4 is 21.9 Å². The molecule has 1 aliphatic rings. The number of nitrogen functional groups attached to an aromatic ring is 1. The number of H-pyrrole nitrogens is 1. The number of amides is 1. The van der Waals surface area contributed by atoms with Crippen molar-refractivity contribution in [3.63, 3.8) is 0 Å². The summed E-state index contributed by atoms with van der Waals surface area (Å²) in [5.41, 5.74) is 4.82. The molecule has 0 aliphatic carbocycles. The predicted octanol–water partition coefficient (Wildman–Crippen LogP) is 2.02. The maximum absolute atomic E-state index is 13.8. The quantitative estimate of drug-likeness (QED) is 0.499. The highest BCUT2D eigenvalue weighted by Gasteiger charge is 2.33. The molecular weight excluding hydrogens is 498 g/mol. The van der Waals surface area contributed by atoms with Crippen LogP contribution >= 0.6 is 0 Å². The Morgan fingerprint density at radius 2 is 1.86 bits per heavy atom. The molecule has 1 amide bonds. The topological polar surface area (TPSA) is 148 Å². The molecule has 12 heteroatoms. The van der Waals surface area contributed by atoms with Gasteiger partial charge in [0.2, 0.25) is 10.0 Å². The summed E-state index contributed by atoms with van der Waals surface area (Å²) in [6, 6.07) is 5.75. The number of aromatic amines is 1. The molecule has 1 aromatic carbocycles. The van der Waals surface area contributed by atoms with E-state index in [1.54, 1.807) is 0 Å². The van der Waals surface area contributed by atoms with Gasteiger partial charge in [0.25, 0.3) is 11.5 Å². The summed E-state index contributed by atoms with van der Waals surface area (Å²) in [5.74, 6) is -0.745. The lowest BCUT2D eigenvalue weighted by molar-refractivity contribution is -0.0440. The number of hydrogen-bond donors (Lipinski definition) is 2. The second-order valence-corrected chi connectivity index (χ2v) is 11.9. The molecule has 2 atom stereocenters. The van der Waals surface area contributed by atoms with Crippen molar-refractivity contribution in [1.82, 2.24) is 13.9 Å². The van der Waals surface area contributed by atoms with Gasteiger partial charge in [0.1, 0.15) is 5.82 Å². The molecule has 0 unspecified atom stereocenters. The molecule has 1 saturated heterocycles. The fourth-order valence-corrected chi connectivity index (χ4v) is 6.08. The summed E-state index contributed by atoms with van der Waals surface area (Å²) < 4.78 is 35.1. The molecular formula is C25H37N5O6S. The van der Waals surface area contributed by atoms with Gasteiger partial charge in [0.15, 0.2) is 5.69 Å². The molecule has 0 spiro atoms. The zero-order valence-corrected chi connectivity index (χ0v) is 22.9. The molecule has 11 nitrogen and oxygen atoms in total. The first kappa shape index (κ1) is 28.6. The molecule has 1 fully saturated rings. The average Bonchev–Trinajstić information content (AvgIpc) is 2.82. The second kappa shape index (κ2) is 11.6. The summed E-state index contributed by atoms with van der Waals surface area (Å²) in [4.78, 5) is 42.5. The first-order valence-electron chi connectivity index (χ1n) is 12.6. The SMILES string of the molecule is CCCCn1c(N)c(N(CC(C)C)C(=O)c2cccc(S(=O)(=O)N3C[C@H](C)O[C@@H](C)C3)c2)c(=O)[nH]c1=O. The number of rotatable bonds is 9. The molecule has 2 aromatic rings. The van der Waals surface area contributed by atoms with E-state index >= 15 is 0 Å². The number of anilines is 2. The number of ether oxygens (including phenoxy) is 1. The Kier molecular flexibility index (Phi) is 8.98.